The zero-order chi connectivity index (χ0) is 12.0. The predicted octanol–water partition coefficient (Wildman–Crippen LogP) is 4.28. The Morgan fingerprint density at radius 3 is 2.12 bits per heavy atom. The topological polar surface area (TPSA) is 3.24 Å². The molecule has 0 amide bonds. The maximum Gasteiger partial charge on any atom is 0.115 e. The minimum Gasteiger partial charge on any atom is -0.341 e. The normalized spacial score (nSPS) is 23.8. The second-order valence-corrected chi connectivity index (χ2v) is 17.4. The summed E-state index contributed by atoms with van der Waals surface area (Å²) in [6, 6.07) is 7.61. The van der Waals surface area contributed by atoms with Gasteiger partial charge in [-0.3, -0.25) is 0 Å². The molecule has 1 aliphatic rings. The Labute approximate surface area is 106 Å². The highest BCUT2D eigenvalue weighted by molar-refractivity contribution is 7.12. The summed E-state index contributed by atoms with van der Waals surface area (Å²) < 4.78 is 2.95. The summed E-state index contributed by atoms with van der Waals surface area (Å²) in [5.74, 6) is 0. The lowest BCUT2D eigenvalue weighted by molar-refractivity contribution is 0.631. The number of aryl methyl sites for hydroxylation is 1. The quantitative estimate of drug-likeness (QED) is 0.724. The molecule has 0 spiro atoms. The van der Waals surface area contributed by atoms with Gasteiger partial charge < -0.3 is 4.23 Å². The highest BCUT2D eigenvalue weighted by Gasteiger charge is 2.46. The molecule has 0 unspecified atom stereocenters. The average molecular weight is 270 g/mol. The third-order valence-electron chi connectivity index (χ3n) is 3.92. The number of thiophene rings is 1. The van der Waals surface area contributed by atoms with Crippen molar-refractivity contribution in [3.8, 4) is 0 Å². The first-order valence-electron chi connectivity index (χ1n) is 6.14. The van der Waals surface area contributed by atoms with Gasteiger partial charge in [0.15, 0.2) is 0 Å². The molecule has 0 aromatic carbocycles. The van der Waals surface area contributed by atoms with Crippen molar-refractivity contribution in [2.24, 2.45) is 0 Å². The molecule has 1 fully saturated rings. The summed E-state index contributed by atoms with van der Waals surface area (Å²) in [5.41, 5.74) is 0. The smallest absolute Gasteiger partial charge is 0.115 e. The van der Waals surface area contributed by atoms with Crippen LogP contribution < -0.4 is 0 Å². The minimum atomic E-state index is -1.08. The Balaban J connectivity index is 2.19. The number of hydrogen-bond acceptors (Lipinski definition) is 2. The first-order chi connectivity index (χ1) is 7.31. The summed E-state index contributed by atoms with van der Waals surface area (Å²) in [6.07, 6.45) is 0. The minimum absolute atomic E-state index is 1.08. The van der Waals surface area contributed by atoms with Crippen LogP contribution in [0.4, 0.5) is 0 Å². The molecule has 0 saturated carbocycles. The van der Waals surface area contributed by atoms with Gasteiger partial charge in [-0.15, -0.1) is 11.3 Å². The molecule has 2 heterocycles. The van der Waals surface area contributed by atoms with Crippen molar-refractivity contribution in [3.05, 3.63) is 21.9 Å². The van der Waals surface area contributed by atoms with Crippen molar-refractivity contribution in [1.29, 1.82) is 0 Å². The molecule has 1 aromatic heterocycles. The fourth-order valence-electron chi connectivity index (χ4n) is 2.86. The molecule has 0 aliphatic carbocycles. The predicted molar refractivity (Wildman–Crippen MR) is 79.2 cm³/mol. The van der Waals surface area contributed by atoms with E-state index in [-0.39, 0.29) is 0 Å². The Morgan fingerprint density at radius 1 is 1.12 bits per heavy atom. The maximum absolute atomic E-state index is 2.95. The van der Waals surface area contributed by atoms with Crippen molar-refractivity contribution >= 4 is 27.8 Å². The lowest BCUT2D eigenvalue weighted by Crippen LogP contribution is -2.53. The van der Waals surface area contributed by atoms with E-state index in [1.54, 1.807) is 4.88 Å². The molecule has 16 heavy (non-hydrogen) atoms. The molecule has 90 valence electrons. The third-order valence-corrected chi connectivity index (χ3v) is 15.2. The highest BCUT2D eigenvalue weighted by atomic mass is 32.1. The average Bonchev–Trinajstić information content (AvgIpc) is 2.64. The van der Waals surface area contributed by atoms with Crippen LogP contribution in [0.15, 0.2) is 12.1 Å². The lowest BCUT2D eigenvalue weighted by atomic mass is 10.4. The van der Waals surface area contributed by atoms with Crippen LogP contribution in [-0.2, 0) is 6.54 Å². The van der Waals surface area contributed by atoms with Gasteiger partial charge in [0.2, 0.25) is 0 Å². The Morgan fingerprint density at radius 2 is 1.69 bits per heavy atom. The van der Waals surface area contributed by atoms with E-state index in [2.05, 4.69) is 49.5 Å². The van der Waals surface area contributed by atoms with Crippen LogP contribution in [0.1, 0.15) is 9.75 Å². The molecule has 0 atom stereocenters. The van der Waals surface area contributed by atoms with E-state index < -0.39 is 16.5 Å². The molecule has 2 rings (SSSR count). The number of nitrogens with zero attached hydrogens (tertiary/aromatic N) is 1. The van der Waals surface area contributed by atoms with Gasteiger partial charge >= 0.3 is 0 Å². The monoisotopic (exact) mass is 269 g/mol. The van der Waals surface area contributed by atoms with Crippen LogP contribution in [0.2, 0.25) is 38.3 Å². The third kappa shape index (κ3) is 2.35. The largest absolute Gasteiger partial charge is 0.341 e. The number of rotatable bonds is 2. The van der Waals surface area contributed by atoms with Crippen LogP contribution in [-0.4, -0.2) is 20.7 Å². The summed E-state index contributed by atoms with van der Waals surface area (Å²) in [6.45, 7) is 13.6. The highest BCUT2D eigenvalue weighted by Crippen LogP contribution is 2.38. The van der Waals surface area contributed by atoms with Crippen LogP contribution in [0.25, 0.3) is 0 Å². The van der Waals surface area contributed by atoms with E-state index in [4.69, 9.17) is 0 Å². The first kappa shape index (κ1) is 12.5. The lowest BCUT2D eigenvalue weighted by Gasteiger charge is -2.38. The van der Waals surface area contributed by atoms with Crippen molar-refractivity contribution in [2.75, 3.05) is 0 Å². The Bertz CT molecular complexity index is 368. The van der Waals surface area contributed by atoms with Crippen LogP contribution in [0, 0.1) is 6.92 Å². The van der Waals surface area contributed by atoms with Gasteiger partial charge in [-0.05, 0) is 31.1 Å². The molecular weight excluding hydrogens is 246 g/mol. The van der Waals surface area contributed by atoms with Gasteiger partial charge in [-0.25, -0.2) is 0 Å². The molecule has 1 nitrogen and oxygen atoms in total. The SMILES string of the molecule is Cc1ccc(CN2[Si](C)(C)CC[Si]2(C)C)s1. The Hall–Kier alpha value is 0.0938. The summed E-state index contributed by atoms with van der Waals surface area (Å²) in [7, 11) is -2.15. The van der Waals surface area contributed by atoms with E-state index in [9.17, 15) is 0 Å². The van der Waals surface area contributed by atoms with Gasteiger partial charge in [0.1, 0.15) is 16.5 Å². The second-order valence-electron chi connectivity index (χ2n) is 6.22. The molecule has 4 heteroatoms. The van der Waals surface area contributed by atoms with Crippen molar-refractivity contribution in [3.63, 3.8) is 0 Å². The summed E-state index contributed by atoms with van der Waals surface area (Å²) >= 11 is 1.98. The molecule has 1 aliphatic heterocycles. The van der Waals surface area contributed by atoms with Crippen molar-refractivity contribution < 1.29 is 0 Å². The van der Waals surface area contributed by atoms with Crippen LogP contribution in [0.5, 0.6) is 0 Å². The van der Waals surface area contributed by atoms with Gasteiger partial charge in [0, 0.05) is 16.3 Å². The van der Waals surface area contributed by atoms with Gasteiger partial charge in [-0.1, -0.05) is 26.2 Å². The zero-order valence-corrected chi connectivity index (χ0v) is 13.9. The van der Waals surface area contributed by atoms with Gasteiger partial charge in [-0.2, -0.15) is 0 Å². The Kier molecular flexibility index (Phi) is 3.20. The van der Waals surface area contributed by atoms with Crippen LogP contribution in [0.3, 0.4) is 0 Å². The van der Waals surface area contributed by atoms with E-state index in [1.807, 2.05) is 11.3 Å². The molecule has 0 bridgehead atoms. The molecule has 0 radical (unpaired) electrons. The van der Waals surface area contributed by atoms with E-state index >= 15 is 0 Å². The standard InChI is InChI=1S/C12H23NSSi2/c1-11-6-7-12(14-11)10-13-15(2,3)8-9-16(13,4)5/h6-7H,8-10H2,1-5H3. The molecular formula is C12H23NSSi2. The van der Waals surface area contributed by atoms with Crippen molar-refractivity contribution in [1.82, 2.24) is 4.23 Å². The van der Waals surface area contributed by atoms with Gasteiger partial charge in [0.05, 0.1) is 0 Å². The fraction of sp³-hybridized carbons (Fsp3) is 0.667. The fourth-order valence-corrected chi connectivity index (χ4v) is 17.8. The number of hydrogen-bond donors (Lipinski definition) is 0. The summed E-state index contributed by atoms with van der Waals surface area (Å²) in [4.78, 5) is 3.02. The molecule has 1 aromatic rings. The second kappa shape index (κ2) is 4.08. The van der Waals surface area contributed by atoms with E-state index in [1.165, 1.54) is 23.5 Å². The van der Waals surface area contributed by atoms with E-state index in [0.29, 0.717) is 0 Å². The molecule has 1 saturated heterocycles. The van der Waals surface area contributed by atoms with Crippen LogP contribution >= 0.6 is 11.3 Å². The summed E-state index contributed by atoms with van der Waals surface area (Å²) in [5, 5.41) is 0. The van der Waals surface area contributed by atoms with Crippen molar-refractivity contribution in [2.45, 2.75) is 51.7 Å². The molecule has 0 N–H and O–H groups in total. The maximum atomic E-state index is 2.95. The zero-order valence-electron chi connectivity index (χ0n) is 11.1. The van der Waals surface area contributed by atoms with E-state index in [0.717, 1.165) is 0 Å². The first-order valence-corrected chi connectivity index (χ1v) is 13.3. The van der Waals surface area contributed by atoms with Gasteiger partial charge in [0.25, 0.3) is 0 Å².